The maximum atomic E-state index is 13.7. The molecule has 2 aliphatic rings. The summed E-state index contributed by atoms with van der Waals surface area (Å²) in [5, 5.41) is 13.4. The van der Waals surface area contributed by atoms with E-state index in [1.807, 2.05) is 12.1 Å². The van der Waals surface area contributed by atoms with E-state index < -0.39 is 5.97 Å². The van der Waals surface area contributed by atoms with Gasteiger partial charge in [-0.3, -0.25) is 0 Å². The Hall–Kier alpha value is -2.33. The molecule has 1 heterocycles. The van der Waals surface area contributed by atoms with Crippen molar-refractivity contribution in [2.24, 2.45) is 5.92 Å². The lowest BCUT2D eigenvalue weighted by Crippen LogP contribution is -2.30. The molecule has 2 aromatic rings. The van der Waals surface area contributed by atoms with Crippen LogP contribution in [0.5, 0.6) is 0 Å². The van der Waals surface area contributed by atoms with Crippen LogP contribution in [0, 0.1) is 11.7 Å². The fourth-order valence-electron chi connectivity index (χ4n) is 3.89. The number of carboxylic acid groups (broad SMARTS) is 1. The molecule has 1 aliphatic carbocycles. The standard InChI is InChI=1S/C19H15ClFNO2/c20-15-8-7-14(19(23)24)16-12-5-2-6-13(12)17(22-18(15)16)10-3-1-4-11(21)9-10/h1-5,7-9,12-13,17,22H,6H2,(H,23,24)/t12-,13-,17-/m1/s1. The second kappa shape index (κ2) is 5.64. The highest BCUT2D eigenvalue weighted by Crippen LogP contribution is 2.52. The fourth-order valence-corrected chi connectivity index (χ4v) is 4.11. The van der Waals surface area contributed by atoms with E-state index in [-0.39, 0.29) is 29.3 Å². The van der Waals surface area contributed by atoms with Crippen molar-refractivity contribution in [1.82, 2.24) is 0 Å². The highest BCUT2D eigenvalue weighted by Gasteiger charge is 2.40. The SMILES string of the molecule is O=C(O)c1ccc(Cl)c2c1[C@@H]1C=CC[C@H]1[C@@H](c1cccc(F)c1)N2. The number of aromatic carboxylic acids is 1. The van der Waals surface area contributed by atoms with Crippen LogP contribution in [0.3, 0.4) is 0 Å². The van der Waals surface area contributed by atoms with Crippen molar-refractivity contribution >= 4 is 23.3 Å². The lowest BCUT2D eigenvalue weighted by Gasteiger charge is -2.38. The van der Waals surface area contributed by atoms with Gasteiger partial charge in [0.25, 0.3) is 0 Å². The quantitative estimate of drug-likeness (QED) is 0.754. The Morgan fingerprint density at radius 3 is 2.88 bits per heavy atom. The van der Waals surface area contributed by atoms with E-state index in [2.05, 4.69) is 11.4 Å². The zero-order valence-electron chi connectivity index (χ0n) is 12.7. The molecule has 0 radical (unpaired) electrons. The summed E-state index contributed by atoms with van der Waals surface area (Å²) in [6, 6.07) is 9.54. The minimum absolute atomic E-state index is 0.0423. The minimum atomic E-state index is -0.965. The van der Waals surface area contributed by atoms with Crippen LogP contribution >= 0.6 is 11.6 Å². The summed E-state index contributed by atoms with van der Waals surface area (Å²) in [7, 11) is 0. The largest absolute Gasteiger partial charge is 0.478 e. The predicted molar refractivity (Wildman–Crippen MR) is 91.2 cm³/mol. The summed E-state index contributed by atoms with van der Waals surface area (Å²) >= 11 is 6.34. The highest BCUT2D eigenvalue weighted by atomic mass is 35.5. The third kappa shape index (κ3) is 2.29. The number of benzene rings is 2. The van der Waals surface area contributed by atoms with Crippen LogP contribution in [0.1, 0.15) is 39.9 Å². The number of carboxylic acids is 1. The lowest BCUT2D eigenvalue weighted by atomic mass is 9.75. The van der Waals surface area contributed by atoms with Gasteiger partial charge in [0.1, 0.15) is 5.82 Å². The van der Waals surface area contributed by atoms with Crippen LogP contribution in [0.4, 0.5) is 10.1 Å². The van der Waals surface area contributed by atoms with Crippen LogP contribution in [-0.2, 0) is 0 Å². The van der Waals surface area contributed by atoms with E-state index in [1.165, 1.54) is 12.1 Å². The van der Waals surface area contributed by atoms with Crippen LogP contribution in [-0.4, -0.2) is 11.1 Å². The Labute approximate surface area is 143 Å². The zero-order chi connectivity index (χ0) is 16.8. The maximum absolute atomic E-state index is 13.7. The normalized spacial score (nSPS) is 24.2. The van der Waals surface area contributed by atoms with Gasteiger partial charge in [0.05, 0.1) is 22.3 Å². The molecule has 0 unspecified atom stereocenters. The van der Waals surface area contributed by atoms with E-state index in [4.69, 9.17) is 11.6 Å². The Morgan fingerprint density at radius 1 is 1.29 bits per heavy atom. The summed E-state index contributed by atoms with van der Waals surface area (Å²) in [6.45, 7) is 0. The van der Waals surface area contributed by atoms with E-state index >= 15 is 0 Å². The summed E-state index contributed by atoms with van der Waals surface area (Å²) in [4.78, 5) is 11.6. The Bertz CT molecular complexity index is 864. The van der Waals surface area contributed by atoms with Crippen LogP contribution in [0.25, 0.3) is 0 Å². The van der Waals surface area contributed by atoms with Crippen molar-refractivity contribution in [3.05, 3.63) is 76.1 Å². The van der Waals surface area contributed by atoms with Crippen LogP contribution < -0.4 is 5.32 Å². The molecule has 0 fully saturated rings. The van der Waals surface area contributed by atoms with Gasteiger partial charge in [0.15, 0.2) is 0 Å². The average molecular weight is 344 g/mol. The Morgan fingerprint density at radius 2 is 2.12 bits per heavy atom. The van der Waals surface area contributed by atoms with Crippen molar-refractivity contribution < 1.29 is 14.3 Å². The smallest absolute Gasteiger partial charge is 0.336 e. The van der Waals surface area contributed by atoms with Gasteiger partial charge in [-0.15, -0.1) is 0 Å². The summed E-state index contributed by atoms with van der Waals surface area (Å²) in [6.07, 6.45) is 4.91. The lowest BCUT2D eigenvalue weighted by molar-refractivity contribution is 0.0695. The number of nitrogens with one attached hydrogen (secondary N) is 1. The number of hydrogen-bond acceptors (Lipinski definition) is 2. The van der Waals surface area contributed by atoms with E-state index in [1.54, 1.807) is 18.2 Å². The number of fused-ring (bicyclic) bond motifs is 3. The first kappa shape index (κ1) is 15.2. The molecular formula is C19H15ClFNO2. The first-order chi connectivity index (χ1) is 11.6. The van der Waals surface area contributed by atoms with Gasteiger partial charge in [0, 0.05) is 5.92 Å². The maximum Gasteiger partial charge on any atom is 0.336 e. The van der Waals surface area contributed by atoms with Gasteiger partial charge in [-0.05, 0) is 47.7 Å². The monoisotopic (exact) mass is 343 g/mol. The molecule has 4 rings (SSSR count). The number of carbonyl (C=O) groups is 1. The molecular weight excluding hydrogens is 329 g/mol. The molecule has 1 aliphatic heterocycles. The molecule has 122 valence electrons. The Kier molecular flexibility index (Phi) is 3.57. The summed E-state index contributed by atoms with van der Waals surface area (Å²) < 4.78 is 13.7. The third-order valence-electron chi connectivity index (χ3n) is 4.91. The average Bonchev–Trinajstić information content (AvgIpc) is 3.04. The molecule has 24 heavy (non-hydrogen) atoms. The second-order valence-corrected chi connectivity index (χ2v) is 6.63. The van der Waals surface area contributed by atoms with Gasteiger partial charge in [-0.2, -0.15) is 0 Å². The van der Waals surface area contributed by atoms with Gasteiger partial charge >= 0.3 is 5.97 Å². The van der Waals surface area contributed by atoms with Crippen molar-refractivity contribution in [3.8, 4) is 0 Å². The molecule has 0 spiro atoms. The fraction of sp³-hybridized carbons (Fsp3) is 0.211. The molecule has 2 N–H and O–H groups in total. The molecule has 3 atom stereocenters. The first-order valence-electron chi connectivity index (χ1n) is 7.80. The first-order valence-corrected chi connectivity index (χ1v) is 8.18. The molecule has 0 amide bonds. The number of allylic oxidation sites excluding steroid dienone is 2. The zero-order valence-corrected chi connectivity index (χ0v) is 13.4. The number of rotatable bonds is 2. The number of anilines is 1. The summed E-state index contributed by atoms with van der Waals surface area (Å²) in [5.74, 6) is -1.16. The molecule has 0 bridgehead atoms. The third-order valence-corrected chi connectivity index (χ3v) is 5.22. The van der Waals surface area contributed by atoms with Gasteiger partial charge in [0.2, 0.25) is 0 Å². The van der Waals surface area contributed by atoms with Crippen LogP contribution in [0.15, 0.2) is 48.6 Å². The van der Waals surface area contributed by atoms with E-state index in [0.717, 1.165) is 17.5 Å². The van der Waals surface area contributed by atoms with Gasteiger partial charge < -0.3 is 10.4 Å². The van der Waals surface area contributed by atoms with E-state index in [0.29, 0.717) is 10.7 Å². The molecule has 0 aromatic heterocycles. The predicted octanol–water partition coefficient (Wildman–Crippen LogP) is 5.00. The molecule has 0 saturated heterocycles. The molecule has 5 heteroatoms. The van der Waals surface area contributed by atoms with Crippen molar-refractivity contribution in [1.29, 1.82) is 0 Å². The minimum Gasteiger partial charge on any atom is -0.478 e. The van der Waals surface area contributed by atoms with Crippen LogP contribution in [0.2, 0.25) is 5.02 Å². The summed E-state index contributed by atoms with van der Waals surface area (Å²) in [5.41, 5.74) is 2.47. The van der Waals surface area contributed by atoms with Crippen molar-refractivity contribution in [2.45, 2.75) is 18.4 Å². The number of halogens is 2. The van der Waals surface area contributed by atoms with Crippen molar-refractivity contribution in [2.75, 3.05) is 5.32 Å². The topological polar surface area (TPSA) is 49.3 Å². The molecule has 2 aromatic carbocycles. The van der Waals surface area contributed by atoms with Gasteiger partial charge in [-0.25, -0.2) is 9.18 Å². The van der Waals surface area contributed by atoms with E-state index in [9.17, 15) is 14.3 Å². The highest BCUT2D eigenvalue weighted by molar-refractivity contribution is 6.33. The second-order valence-electron chi connectivity index (χ2n) is 6.22. The van der Waals surface area contributed by atoms with Gasteiger partial charge in [-0.1, -0.05) is 35.9 Å². The number of hydrogen-bond donors (Lipinski definition) is 2. The molecule has 0 saturated carbocycles. The Balaban J connectivity index is 1.88. The molecule has 3 nitrogen and oxygen atoms in total. The van der Waals surface area contributed by atoms with Crippen molar-refractivity contribution in [3.63, 3.8) is 0 Å².